The molecule has 4 aromatic heterocycles. The van der Waals surface area contributed by atoms with Crippen molar-refractivity contribution < 1.29 is 101 Å². The van der Waals surface area contributed by atoms with Gasteiger partial charge in [-0.25, -0.2) is 67.6 Å². The third-order valence-electron chi connectivity index (χ3n) is 14.3. The van der Waals surface area contributed by atoms with E-state index in [1.165, 1.54) is 67.9 Å². The van der Waals surface area contributed by atoms with E-state index in [9.17, 15) is 87.0 Å². The molecule has 28 nitrogen and oxygen atoms in total. The number of fused-ring (bicyclic) bond motifs is 2. The van der Waals surface area contributed by atoms with Gasteiger partial charge in [0.2, 0.25) is 40.7 Å². The van der Waals surface area contributed by atoms with Gasteiger partial charge in [-0.1, -0.05) is 121 Å². The van der Waals surface area contributed by atoms with Crippen LogP contribution in [0, 0.1) is 49.3 Å². The SMILES string of the molecule is C.C.C.CCCS(=O)(=O)Cl.CCCS(=O)(=O)Nc1cccc(C(=O)O)c1F.CCCS(=O)(=O)Nc1cccc(C(=O)c2c[nH]c3ncc(-c4ccc(Cl)cc4)cc23)c1F.COC(=O)c1cccc(N)c1F.COC(=O)c1cccc([N+](=O)[O-])c1F.Clc1ccc(-c2cnc3[nH]ccc3c2)cc1.O=C(O)c1cccc([N+](=O)[O-])c1F. The Morgan fingerprint density at radius 1 is 0.500 bits per heavy atom. The van der Waals surface area contributed by atoms with Gasteiger partial charge >= 0.3 is 35.3 Å². The summed E-state index contributed by atoms with van der Waals surface area (Å²) in [5.41, 5.74) is 6.38. The number of halogens is 8. The lowest BCUT2D eigenvalue weighted by molar-refractivity contribution is -0.387. The number of carbonyl (C=O) groups is 5. The van der Waals surface area contributed by atoms with E-state index < -0.39 is 126 Å². The summed E-state index contributed by atoms with van der Waals surface area (Å²) in [6, 6.07) is 38.9. The summed E-state index contributed by atoms with van der Waals surface area (Å²) in [4.78, 5) is 89.3. The Hall–Kier alpha value is -12.0. The van der Waals surface area contributed by atoms with Gasteiger partial charge in [-0.3, -0.25) is 34.5 Å². The lowest BCUT2D eigenvalue weighted by Gasteiger charge is -2.10. The number of nitrogens with two attached hydrogens (primary N) is 1. The van der Waals surface area contributed by atoms with Crippen molar-refractivity contribution >= 4 is 143 Å². The van der Waals surface area contributed by atoms with Gasteiger partial charge < -0.3 is 35.4 Å². The minimum Gasteiger partial charge on any atom is -0.478 e. The molecular formula is C75H77Cl3F5N9O19S3. The molecule has 0 saturated heterocycles. The number of nitro benzene ring substituents is 2. The molecule has 39 heteroatoms. The molecule has 11 rings (SSSR count). The highest BCUT2D eigenvalue weighted by molar-refractivity contribution is 8.13. The number of rotatable bonds is 20. The van der Waals surface area contributed by atoms with Crippen LogP contribution in [-0.2, 0) is 38.6 Å². The number of hydrogen-bond acceptors (Lipinski definition) is 20. The number of nitro groups is 2. The summed E-state index contributed by atoms with van der Waals surface area (Å²) >= 11 is 11.8. The molecular weight excluding hydrogens is 1630 g/mol. The van der Waals surface area contributed by atoms with E-state index in [-0.39, 0.29) is 73.3 Å². The fourth-order valence-electron chi connectivity index (χ4n) is 9.23. The largest absolute Gasteiger partial charge is 0.478 e. The Kier molecular flexibility index (Phi) is 39.2. The van der Waals surface area contributed by atoms with Gasteiger partial charge in [0.25, 0.3) is 0 Å². The number of ether oxygens (including phenoxy) is 2. The molecule has 4 heterocycles. The van der Waals surface area contributed by atoms with E-state index in [0.29, 0.717) is 35.3 Å². The highest BCUT2D eigenvalue weighted by Gasteiger charge is 2.26. The smallest absolute Gasteiger partial charge is 0.341 e. The topological polar surface area (TPSA) is 440 Å². The fraction of sp³-hybridized carbons (Fsp3) is 0.187. The van der Waals surface area contributed by atoms with Gasteiger partial charge in [0, 0.05) is 85.1 Å². The first-order valence-corrected chi connectivity index (χ1v) is 38.4. The van der Waals surface area contributed by atoms with E-state index in [0.717, 1.165) is 81.8 Å². The molecule has 0 atom stereocenters. The number of carboxylic acids is 2. The molecule has 11 aromatic rings. The molecule has 8 N–H and O–H groups in total. The third kappa shape index (κ3) is 28.7. The van der Waals surface area contributed by atoms with Crippen molar-refractivity contribution in [3.05, 3.63) is 275 Å². The number of aromatic carboxylic acids is 2. The van der Waals surface area contributed by atoms with Crippen LogP contribution in [0.4, 0.5) is 50.4 Å². The first-order valence-electron chi connectivity index (χ1n) is 31.8. The zero-order valence-electron chi connectivity index (χ0n) is 58.5. The second-order valence-electron chi connectivity index (χ2n) is 22.3. The summed E-state index contributed by atoms with van der Waals surface area (Å²) in [6.45, 7) is 5.14. The summed E-state index contributed by atoms with van der Waals surface area (Å²) < 4.78 is 148. The van der Waals surface area contributed by atoms with Crippen LogP contribution in [0.3, 0.4) is 0 Å². The maximum atomic E-state index is 15.1. The molecule has 0 aliphatic rings. The number of aromatic amines is 2. The minimum atomic E-state index is -3.70. The van der Waals surface area contributed by atoms with Gasteiger partial charge in [-0.05, 0) is 121 Å². The summed E-state index contributed by atoms with van der Waals surface area (Å²) in [7, 11) is -3.48. The number of aromatic nitrogens is 4. The highest BCUT2D eigenvalue weighted by atomic mass is 35.7. The van der Waals surface area contributed by atoms with Crippen LogP contribution >= 0.6 is 33.9 Å². The Morgan fingerprint density at radius 2 is 0.886 bits per heavy atom. The Balaban J connectivity index is 0.000000471. The van der Waals surface area contributed by atoms with Crippen LogP contribution in [0.15, 0.2) is 183 Å². The molecule has 0 bridgehead atoms. The predicted molar refractivity (Wildman–Crippen MR) is 428 cm³/mol. The molecule has 7 aromatic carbocycles. The highest BCUT2D eigenvalue weighted by Crippen LogP contribution is 2.31. The normalized spacial score (nSPS) is 10.4. The molecule has 0 radical (unpaired) electrons. The average Bonchev–Trinajstić information content (AvgIpc) is 1.61. The number of sulfonamides is 2. The number of carbonyl (C=O) groups excluding carboxylic acids is 3. The van der Waals surface area contributed by atoms with Crippen molar-refractivity contribution in [3.63, 3.8) is 0 Å². The molecule has 0 spiro atoms. The number of benzene rings is 7. The summed E-state index contributed by atoms with van der Waals surface area (Å²) in [5.74, 6) is -10.7. The van der Waals surface area contributed by atoms with Crippen molar-refractivity contribution in [1.29, 1.82) is 0 Å². The average molecular weight is 1710 g/mol. The zero-order chi connectivity index (χ0) is 82.7. The number of nitrogen functional groups attached to an aromatic ring is 1. The van der Waals surface area contributed by atoms with Gasteiger partial charge in [-0.15, -0.1) is 0 Å². The second-order valence-corrected chi connectivity index (χ2v) is 29.8. The third-order valence-corrected chi connectivity index (χ3v) is 19.2. The monoisotopic (exact) mass is 1700 g/mol. The standard InChI is InChI=1S/C23H19ClFN3O3S.C13H9ClN2.C10H12FNO4S.C8H6FNO4.C8H8FNO2.C7H4FNO4.C3H7ClO2S.3CH4/c1-2-10-32(30,31)28-20-5-3-4-17(21(20)25)22(29)19-13-27-23-18(19)11-15(12-26-23)14-6-8-16(24)9-7-14;14-12-3-1-9(2-4-12)11-7-10-5-6-15-13(10)16-8-11;1-2-6-17(15,16)12-8-5-3-4-7(9(8)11)10(13)14;1-14-8(11)5-3-2-4-6(7(5)9)10(12)13;1-12-8(11)5-3-2-4-6(10)7(5)9;8-6-4(7(10)11)2-1-3-5(6)9(12)13;1-2-3-7(4,5)6;;;/h3-9,11-13,28H,2,10H2,1H3,(H,26,27);1-8H,(H,15,16);3-5,12H,2,6H2,1H3,(H,13,14);2-4H,1H3;2-4H,10H2,1H3;1-3H,(H,10,11);2-3H2,1H3;3*1H4. The fourth-order valence-corrected chi connectivity index (χ4v) is 12.7. The van der Waals surface area contributed by atoms with Crippen LogP contribution in [0.5, 0.6) is 0 Å². The van der Waals surface area contributed by atoms with E-state index in [1.54, 1.807) is 45.2 Å². The number of anilines is 3. The lowest BCUT2D eigenvalue weighted by Crippen LogP contribution is -2.18. The minimum absolute atomic E-state index is 0. The van der Waals surface area contributed by atoms with E-state index in [4.69, 9.17) is 49.8 Å². The van der Waals surface area contributed by atoms with E-state index in [2.05, 4.69) is 40.2 Å². The number of nitrogens with zero attached hydrogens (tertiary/aromatic N) is 4. The molecule has 0 aliphatic carbocycles. The maximum absolute atomic E-state index is 15.1. The molecule has 610 valence electrons. The Bertz CT molecular complexity index is 5530. The van der Waals surface area contributed by atoms with Crippen LogP contribution in [0.1, 0.15) is 120 Å². The quantitative estimate of drug-likeness (QED) is 0.00708. The first kappa shape index (κ1) is 98.1. The van der Waals surface area contributed by atoms with Crippen LogP contribution in [-0.4, -0.2) is 126 Å². The number of ketones is 1. The van der Waals surface area contributed by atoms with E-state index in [1.807, 2.05) is 59.6 Å². The summed E-state index contributed by atoms with van der Waals surface area (Å²) in [6.07, 6.45) is 8.25. The second kappa shape index (κ2) is 45.5. The van der Waals surface area contributed by atoms with Crippen molar-refractivity contribution in [2.24, 2.45) is 0 Å². The molecule has 0 aliphatic heterocycles. The number of carboxylic acid groups (broad SMARTS) is 2. The van der Waals surface area contributed by atoms with Gasteiger partial charge in [0.15, 0.2) is 23.2 Å². The zero-order valence-corrected chi connectivity index (χ0v) is 63.2. The van der Waals surface area contributed by atoms with Crippen LogP contribution in [0.25, 0.3) is 44.3 Å². The number of pyridine rings is 2. The summed E-state index contributed by atoms with van der Waals surface area (Å²) in [5, 5.41) is 40.5. The molecule has 0 amide bonds. The van der Waals surface area contributed by atoms with Crippen LogP contribution < -0.4 is 15.2 Å². The van der Waals surface area contributed by atoms with Crippen molar-refractivity contribution in [1.82, 2.24) is 19.9 Å². The van der Waals surface area contributed by atoms with E-state index >= 15 is 4.39 Å². The number of nitrogens with one attached hydrogen (secondary N) is 4. The van der Waals surface area contributed by atoms with Gasteiger partial charge in [0.05, 0.1) is 75.1 Å². The molecule has 0 unspecified atom stereocenters. The first-order chi connectivity index (χ1) is 52.3. The molecule has 114 heavy (non-hydrogen) atoms. The maximum Gasteiger partial charge on any atom is 0.341 e. The van der Waals surface area contributed by atoms with Gasteiger partial charge in [-0.2, -0.15) is 8.78 Å². The van der Waals surface area contributed by atoms with Gasteiger partial charge in [0.1, 0.15) is 22.4 Å². The molecule has 0 saturated carbocycles. The number of H-pyrrole nitrogens is 2. The number of methoxy groups -OCH3 is 2. The number of esters is 2. The number of hydrogen-bond donors (Lipinski definition) is 7. The van der Waals surface area contributed by atoms with Crippen molar-refractivity contribution in [2.45, 2.75) is 62.3 Å². The predicted octanol–water partition coefficient (Wildman–Crippen LogP) is 18.0. The Labute approximate surface area is 666 Å². The lowest BCUT2D eigenvalue weighted by atomic mass is 10.0. The van der Waals surface area contributed by atoms with Crippen molar-refractivity contribution in [2.75, 3.05) is 46.7 Å². The van der Waals surface area contributed by atoms with Crippen molar-refractivity contribution in [3.8, 4) is 22.3 Å². The van der Waals surface area contributed by atoms with Crippen LogP contribution in [0.2, 0.25) is 10.0 Å². The molecule has 0 fully saturated rings. The Morgan fingerprint density at radius 3 is 1.31 bits per heavy atom.